The van der Waals surface area contributed by atoms with Crippen LogP contribution in [-0.2, 0) is 4.74 Å². The normalized spacial score (nSPS) is 12.7. The Labute approximate surface area is 140 Å². The summed E-state index contributed by atoms with van der Waals surface area (Å²) in [6.07, 6.45) is -0.469. The third-order valence-corrected chi connectivity index (χ3v) is 3.60. The third kappa shape index (κ3) is 7.75. The molecule has 1 atom stereocenters. The summed E-state index contributed by atoms with van der Waals surface area (Å²) in [5.74, 6) is 3.96. The van der Waals surface area contributed by atoms with E-state index in [4.69, 9.17) is 9.47 Å². The van der Waals surface area contributed by atoms with Gasteiger partial charge in [-0.2, -0.15) is 0 Å². The van der Waals surface area contributed by atoms with Crippen molar-refractivity contribution in [3.63, 3.8) is 0 Å². The number of amides is 1. The molecule has 0 saturated carbocycles. The summed E-state index contributed by atoms with van der Waals surface area (Å²) in [5.41, 5.74) is 3.67. The van der Waals surface area contributed by atoms with Gasteiger partial charge < -0.3 is 14.8 Å². The molecule has 0 heterocycles. The predicted molar refractivity (Wildman–Crippen MR) is 96.2 cm³/mol. The maximum Gasteiger partial charge on any atom is 0.408 e. The van der Waals surface area contributed by atoms with Gasteiger partial charge in [-0.1, -0.05) is 37.7 Å². The number of rotatable bonds is 3. The molecule has 1 aromatic carbocycles. The summed E-state index contributed by atoms with van der Waals surface area (Å²) >= 11 is 0. The topological polar surface area (TPSA) is 47.6 Å². The quantitative estimate of drug-likeness (QED) is 0.668. The zero-order valence-corrected chi connectivity index (χ0v) is 16.1. The first-order valence-electron chi connectivity index (χ1n) is 7.66. The highest BCUT2D eigenvalue weighted by molar-refractivity contribution is 6.83. The number of carbonyl (C=O) groups is 1. The number of carbonyl (C=O) groups excluding carboxylic acids is 1. The number of alkyl carbamates (subject to hydrolysis) is 1. The second-order valence-electron chi connectivity index (χ2n) is 7.37. The Balaban J connectivity index is 3.01. The van der Waals surface area contributed by atoms with Crippen molar-refractivity contribution in [2.75, 3.05) is 7.11 Å². The molecule has 0 radical (unpaired) electrons. The van der Waals surface area contributed by atoms with Crippen LogP contribution in [0.4, 0.5) is 4.79 Å². The van der Waals surface area contributed by atoms with Gasteiger partial charge in [0.15, 0.2) is 0 Å². The third-order valence-electron chi connectivity index (χ3n) is 2.70. The molecule has 1 unspecified atom stereocenters. The van der Waals surface area contributed by atoms with Gasteiger partial charge in [0, 0.05) is 0 Å². The number of benzene rings is 1. The molecule has 0 aromatic heterocycles. The maximum absolute atomic E-state index is 12.1. The summed E-state index contributed by atoms with van der Waals surface area (Å²) in [5, 5.41) is 2.85. The van der Waals surface area contributed by atoms with E-state index in [1.807, 2.05) is 45.0 Å². The highest BCUT2D eigenvalue weighted by atomic mass is 28.3. The van der Waals surface area contributed by atoms with Gasteiger partial charge in [0.2, 0.25) is 0 Å². The Morgan fingerprint density at radius 2 is 1.74 bits per heavy atom. The van der Waals surface area contributed by atoms with E-state index in [0.717, 1.165) is 11.3 Å². The van der Waals surface area contributed by atoms with Crippen LogP contribution < -0.4 is 10.1 Å². The minimum Gasteiger partial charge on any atom is -0.497 e. The second-order valence-corrected chi connectivity index (χ2v) is 12.1. The standard InChI is InChI=1S/C18H27NO3Si/c1-18(2,3)22-17(20)19-16(12-13-23(5,6)7)14-8-10-15(21-4)11-9-14/h8-11,16H,1-7H3,(H,19,20). The molecule has 126 valence electrons. The number of hydrogen-bond acceptors (Lipinski definition) is 3. The van der Waals surface area contributed by atoms with E-state index >= 15 is 0 Å². The number of hydrogen-bond donors (Lipinski definition) is 1. The van der Waals surface area contributed by atoms with Crippen molar-refractivity contribution in [1.29, 1.82) is 0 Å². The molecule has 0 fully saturated rings. The van der Waals surface area contributed by atoms with E-state index in [1.165, 1.54) is 0 Å². The molecule has 1 aromatic rings. The van der Waals surface area contributed by atoms with Crippen molar-refractivity contribution in [3.8, 4) is 17.2 Å². The molecule has 1 amide bonds. The summed E-state index contributed by atoms with van der Waals surface area (Å²) < 4.78 is 10.5. The summed E-state index contributed by atoms with van der Waals surface area (Å²) in [6, 6.07) is 7.12. The average molecular weight is 334 g/mol. The van der Waals surface area contributed by atoms with Crippen molar-refractivity contribution in [1.82, 2.24) is 5.32 Å². The average Bonchev–Trinajstić information content (AvgIpc) is 2.40. The lowest BCUT2D eigenvalue weighted by atomic mass is 10.1. The largest absolute Gasteiger partial charge is 0.497 e. The van der Waals surface area contributed by atoms with Crippen molar-refractivity contribution in [2.45, 2.75) is 52.1 Å². The molecule has 0 bridgehead atoms. The Kier molecular flexibility index (Phi) is 6.28. The Bertz CT molecular complexity index is 586. The van der Waals surface area contributed by atoms with E-state index in [0.29, 0.717) is 0 Å². The Hall–Kier alpha value is -1.93. The van der Waals surface area contributed by atoms with Crippen LogP contribution >= 0.6 is 0 Å². The van der Waals surface area contributed by atoms with Crippen LogP contribution in [-0.4, -0.2) is 26.9 Å². The summed E-state index contributed by atoms with van der Waals surface area (Å²) in [4.78, 5) is 12.1. The minimum atomic E-state index is -1.55. The second kappa shape index (κ2) is 7.56. The van der Waals surface area contributed by atoms with Crippen LogP contribution in [0, 0.1) is 11.5 Å². The molecule has 1 N–H and O–H groups in total. The van der Waals surface area contributed by atoms with E-state index in [9.17, 15) is 4.79 Å². The first-order chi connectivity index (χ1) is 10.5. The van der Waals surface area contributed by atoms with Gasteiger partial charge >= 0.3 is 6.09 Å². The van der Waals surface area contributed by atoms with Crippen molar-refractivity contribution >= 4 is 14.2 Å². The van der Waals surface area contributed by atoms with Crippen LogP contribution in [0.1, 0.15) is 32.4 Å². The Morgan fingerprint density at radius 1 is 1.17 bits per heavy atom. The van der Waals surface area contributed by atoms with E-state index in [2.05, 4.69) is 36.4 Å². The lowest BCUT2D eigenvalue weighted by Gasteiger charge is -2.22. The van der Waals surface area contributed by atoms with E-state index in [-0.39, 0.29) is 0 Å². The number of methoxy groups -OCH3 is 1. The molecular formula is C18H27NO3Si. The van der Waals surface area contributed by atoms with Gasteiger partial charge in [0.25, 0.3) is 0 Å². The maximum atomic E-state index is 12.1. The van der Waals surface area contributed by atoms with Crippen LogP contribution in [0.5, 0.6) is 5.75 Å². The van der Waals surface area contributed by atoms with E-state index in [1.54, 1.807) is 7.11 Å². The fraction of sp³-hybridized carbons (Fsp3) is 0.500. The molecule has 4 nitrogen and oxygen atoms in total. The van der Waals surface area contributed by atoms with Gasteiger partial charge in [0.1, 0.15) is 25.5 Å². The molecule has 0 aliphatic rings. The Morgan fingerprint density at radius 3 is 2.17 bits per heavy atom. The lowest BCUT2D eigenvalue weighted by molar-refractivity contribution is 0.0516. The molecule has 0 aliphatic heterocycles. The van der Waals surface area contributed by atoms with Crippen molar-refractivity contribution in [2.24, 2.45) is 0 Å². The monoisotopic (exact) mass is 333 g/mol. The number of ether oxygens (including phenoxy) is 2. The summed E-state index contributed by atoms with van der Waals surface area (Å²) in [7, 11) is 0.0750. The van der Waals surface area contributed by atoms with Gasteiger partial charge in [-0.15, -0.1) is 5.54 Å². The van der Waals surface area contributed by atoms with Crippen molar-refractivity contribution < 1.29 is 14.3 Å². The molecular weight excluding hydrogens is 306 g/mol. The fourth-order valence-electron chi connectivity index (χ4n) is 1.71. The van der Waals surface area contributed by atoms with Crippen LogP contribution in [0.15, 0.2) is 24.3 Å². The van der Waals surface area contributed by atoms with Crippen LogP contribution in [0.25, 0.3) is 0 Å². The first-order valence-corrected chi connectivity index (χ1v) is 11.2. The highest BCUT2D eigenvalue weighted by Gasteiger charge is 2.20. The zero-order valence-electron chi connectivity index (χ0n) is 15.1. The predicted octanol–water partition coefficient (Wildman–Crippen LogP) is 4.14. The summed E-state index contributed by atoms with van der Waals surface area (Å²) in [6.45, 7) is 12.0. The van der Waals surface area contributed by atoms with Gasteiger partial charge in [-0.05, 0) is 38.5 Å². The van der Waals surface area contributed by atoms with Gasteiger partial charge in [-0.3, -0.25) is 0 Å². The van der Waals surface area contributed by atoms with Crippen LogP contribution in [0.3, 0.4) is 0 Å². The molecule has 0 saturated heterocycles. The first kappa shape index (κ1) is 19.1. The van der Waals surface area contributed by atoms with Gasteiger partial charge in [0.05, 0.1) is 7.11 Å². The lowest BCUT2D eigenvalue weighted by Crippen LogP contribution is -2.34. The smallest absolute Gasteiger partial charge is 0.408 e. The molecule has 1 rings (SSSR count). The van der Waals surface area contributed by atoms with Crippen molar-refractivity contribution in [3.05, 3.63) is 29.8 Å². The molecule has 5 heteroatoms. The fourth-order valence-corrected chi connectivity index (χ4v) is 2.29. The van der Waals surface area contributed by atoms with Gasteiger partial charge in [-0.25, -0.2) is 4.79 Å². The molecule has 0 spiro atoms. The number of nitrogens with one attached hydrogen (secondary N) is 1. The van der Waals surface area contributed by atoms with Crippen LogP contribution in [0.2, 0.25) is 19.6 Å². The van der Waals surface area contributed by atoms with E-state index < -0.39 is 25.8 Å². The molecule has 23 heavy (non-hydrogen) atoms. The highest BCUT2D eigenvalue weighted by Crippen LogP contribution is 2.18. The zero-order chi connectivity index (χ0) is 17.7. The molecule has 0 aliphatic carbocycles. The minimum absolute atomic E-state index is 0.400. The SMILES string of the molecule is COc1ccc(C(C#C[Si](C)(C)C)NC(=O)OC(C)(C)C)cc1.